The molecule has 0 amide bonds. The normalized spacial score (nSPS) is 14.9. The summed E-state index contributed by atoms with van der Waals surface area (Å²) in [5.74, 6) is 2.26. The van der Waals surface area contributed by atoms with E-state index < -0.39 is 0 Å². The average molecular weight is 347 g/mol. The number of pyridine rings is 1. The maximum absolute atomic E-state index is 13.3. The van der Waals surface area contributed by atoms with Crippen LogP contribution in [-0.4, -0.2) is 39.1 Å². The number of nitrogens with zero attached hydrogens (tertiary/aromatic N) is 3. The highest BCUT2D eigenvalue weighted by molar-refractivity contribution is 7.99. The molecule has 0 bridgehead atoms. The van der Waals surface area contributed by atoms with Gasteiger partial charge in [0.15, 0.2) is 5.84 Å². The van der Waals surface area contributed by atoms with Crippen molar-refractivity contribution in [3.63, 3.8) is 0 Å². The van der Waals surface area contributed by atoms with Crippen molar-refractivity contribution in [2.45, 2.75) is 13.5 Å². The van der Waals surface area contributed by atoms with E-state index in [-0.39, 0.29) is 12.4 Å². The summed E-state index contributed by atoms with van der Waals surface area (Å²) in [6.07, 6.45) is 0. The second-order valence-corrected chi connectivity index (χ2v) is 6.52. The minimum Gasteiger partial charge on any atom is -0.472 e. The fourth-order valence-corrected chi connectivity index (χ4v) is 3.41. The highest BCUT2D eigenvalue weighted by Gasteiger charge is 2.23. The van der Waals surface area contributed by atoms with Crippen LogP contribution >= 0.6 is 11.8 Å². The standard InChI is InChI=1S/C17H18FN3O2S/c1-12-5-6-15(16(20-22)21-7-8-24-11-21)17(19-12)23-10-13-3-2-4-14(18)9-13/h2-6,9,22H,7-8,10-11H2,1H3/b20-16-. The molecule has 0 unspecified atom stereocenters. The molecule has 2 heterocycles. The van der Waals surface area contributed by atoms with Gasteiger partial charge in [-0.05, 0) is 36.8 Å². The number of amidine groups is 1. The van der Waals surface area contributed by atoms with Gasteiger partial charge in [-0.3, -0.25) is 0 Å². The van der Waals surface area contributed by atoms with E-state index in [0.29, 0.717) is 22.8 Å². The van der Waals surface area contributed by atoms with Gasteiger partial charge in [0.1, 0.15) is 12.4 Å². The molecule has 1 fully saturated rings. The highest BCUT2D eigenvalue weighted by Crippen LogP contribution is 2.24. The van der Waals surface area contributed by atoms with E-state index in [1.165, 1.54) is 12.1 Å². The maximum Gasteiger partial charge on any atom is 0.225 e. The molecule has 0 saturated carbocycles. The summed E-state index contributed by atoms with van der Waals surface area (Å²) in [5.41, 5.74) is 2.13. The largest absolute Gasteiger partial charge is 0.472 e. The quantitative estimate of drug-likeness (QED) is 0.398. The van der Waals surface area contributed by atoms with Crippen molar-refractivity contribution in [3.8, 4) is 5.88 Å². The first kappa shape index (κ1) is 16.6. The summed E-state index contributed by atoms with van der Waals surface area (Å²) < 4.78 is 19.1. The third-order valence-electron chi connectivity index (χ3n) is 3.65. The Balaban J connectivity index is 1.85. The van der Waals surface area contributed by atoms with Crippen LogP contribution in [0.4, 0.5) is 4.39 Å². The van der Waals surface area contributed by atoms with Crippen molar-refractivity contribution < 1.29 is 14.3 Å². The predicted molar refractivity (Wildman–Crippen MR) is 92.1 cm³/mol. The monoisotopic (exact) mass is 347 g/mol. The SMILES string of the molecule is Cc1ccc(/C(=N/O)N2CCSC2)c(OCc2cccc(F)c2)n1. The minimum absolute atomic E-state index is 0.189. The molecule has 1 N–H and O–H groups in total. The molecule has 1 aliphatic heterocycles. The molecular formula is C17H18FN3O2S. The van der Waals surface area contributed by atoms with E-state index in [0.717, 1.165) is 23.9 Å². The third-order valence-corrected chi connectivity index (χ3v) is 4.62. The van der Waals surface area contributed by atoms with Crippen LogP contribution in [0, 0.1) is 12.7 Å². The Morgan fingerprint density at radius 2 is 2.29 bits per heavy atom. The van der Waals surface area contributed by atoms with Gasteiger partial charge in [0.05, 0.1) is 11.4 Å². The summed E-state index contributed by atoms with van der Waals surface area (Å²) in [6, 6.07) is 9.92. The van der Waals surface area contributed by atoms with Crippen LogP contribution in [0.3, 0.4) is 0 Å². The number of oxime groups is 1. The van der Waals surface area contributed by atoms with Gasteiger partial charge in [-0.25, -0.2) is 9.37 Å². The zero-order valence-corrected chi connectivity index (χ0v) is 14.1. The molecule has 1 aromatic carbocycles. The van der Waals surface area contributed by atoms with Crippen LogP contribution in [0.1, 0.15) is 16.8 Å². The van der Waals surface area contributed by atoms with Gasteiger partial charge < -0.3 is 14.8 Å². The Labute approximate surface area is 144 Å². The first-order valence-electron chi connectivity index (χ1n) is 7.57. The molecule has 0 radical (unpaired) electrons. The molecule has 0 atom stereocenters. The molecule has 7 heteroatoms. The lowest BCUT2D eigenvalue weighted by Crippen LogP contribution is -2.29. The van der Waals surface area contributed by atoms with Crippen molar-refractivity contribution in [2.75, 3.05) is 18.2 Å². The van der Waals surface area contributed by atoms with Crippen LogP contribution in [0.25, 0.3) is 0 Å². The Kier molecular flexibility index (Phi) is 5.20. The van der Waals surface area contributed by atoms with Gasteiger partial charge in [-0.2, -0.15) is 0 Å². The molecule has 126 valence electrons. The highest BCUT2D eigenvalue weighted by atomic mass is 32.2. The van der Waals surface area contributed by atoms with Crippen LogP contribution in [-0.2, 0) is 6.61 Å². The number of benzene rings is 1. The zero-order chi connectivity index (χ0) is 16.9. The molecule has 0 aliphatic carbocycles. The van der Waals surface area contributed by atoms with Crippen LogP contribution < -0.4 is 4.74 Å². The number of rotatable bonds is 4. The molecule has 1 saturated heterocycles. The van der Waals surface area contributed by atoms with E-state index in [2.05, 4.69) is 10.1 Å². The topological polar surface area (TPSA) is 58.0 Å². The number of ether oxygens (including phenoxy) is 1. The molecule has 2 aromatic rings. The average Bonchev–Trinajstić information content (AvgIpc) is 3.09. The Morgan fingerprint density at radius 3 is 3.00 bits per heavy atom. The second-order valence-electron chi connectivity index (χ2n) is 5.45. The Bertz CT molecular complexity index is 748. The lowest BCUT2D eigenvalue weighted by molar-refractivity contribution is 0.288. The molecule has 1 aliphatic rings. The van der Waals surface area contributed by atoms with E-state index in [1.54, 1.807) is 23.9 Å². The van der Waals surface area contributed by atoms with Crippen molar-refractivity contribution in [1.29, 1.82) is 0 Å². The second kappa shape index (κ2) is 7.53. The van der Waals surface area contributed by atoms with Crippen molar-refractivity contribution in [3.05, 3.63) is 59.0 Å². The van der Waals surface area contributed by atoms with Gasteiger partial charge in [0.25, 0.3) is 0 Å². The molecule has 0 spiro atoms. The van der Waals surface area contributed by atoms with Gasteiger partial charge in [-0.15, -0.1) is 11.8 Å². The smallest absolute Gasteiger partial charge is 0.225 e. The van der Waals surface area contributed by atoms with Crippen LogP contribution in [0.15, 0.2) is 41.6 Å². The van der Waals surface area contributed by atoms with Gasteiger partial charge in [0, 0.05) is 18.0 Å². The van der Waals surface area contributed by atoms with Gasteiger partial charge in [0.2, 0.25) is 5.88 Å². The van der Waals surface area contributed by atoms with Crippen LogP contribution in [0.5, 0.6) is 5.88 Å². The van der Waals surface area contributed by atoms with Crippen molar-refractivity contribution in [1.82, 2.24) is 9.88 Å². The summed E-state index contributed by atoms with van der Waals surface area (Å²) in [4.78, 5) is 6.39. The fraction of sp³-hybridized carbons (Fsp3) is 0.294. The lowest BCUT2D eigenvalue weighted by Gasteiger charge is -2.19. The van der Waals surface area contributed by atoms with Crippen molar-refractivity contribution >= 4 is 17.6 Å². The molecule has 1 aromatic heterocycles. The number of aryl methyl sites for hydroxylation is 1. The Morgan fingerprint density at radius 1 is 1.42 bits per heavy atom. The first-order valence-corrected chi connectivity index (χ1v) is 8.73. The molecule has 3 rings (SSSR count). The Hall–Kier alpha value is -2.28. The summed E-state index contributed by atoms with van der Waals surface area (Å²) in [7, 11) is 0. The van der Waals surface area contributed by atoms with E-state index >= 15 is 0 Å². The van der Waals surface area contributed by atoms with Gasteiger partial charge >= 0.3 is 0 Å². The number of thioether (sulfide) groups is 1. The summed E-state index contributed by atoms with van der Waals surface area (Å²) in [5, 5.41) is 12.9. The fourth-order valence-electron chi connectivity index (χ4n) is 2.46. The third kappa shape index (κ3) is 3.79. The van der Waals surface area contributed by atoms with E-state index in [4.69, 9.17) is 4.74 Å². The molecule has 5 nitrogen and oxygen atoms in total. The number of aromatic nitrogens is 1. The van der Waals surface area contributed by atoms with Crippen molar-refractivity contribution in [2.24, 2.45) is 5.16 Å². The number of hydrogen-bond donors (Lipinski definition) is 1. The first-order chi connectivity index (χ1) is 11.7. The summed E-state index contributed by atoms with van der Waals surface area (Å²) >= 11 is 1.77. The number of hydrogen-bond acceptors (Lipinski definition) is 5. The van der Waals surface area contributed by atoms with Crippen LogP contribution in [0.2, 0.25) is 0 Å². The minimum atomic E-state index is -0.305. The zero-order valence-electron chi connectivity index (χ0n) is 13.3. The van der Waals surface area contributed by atoms with Gasteiger partial charge in [-0.1, -0.05) is 17.3 Å². The summed E-state index contributed by atoms with van der Waals surface area (Å²) in [6.45, 7) is 2.86. The molecular weight excluding hydrogens is 329 g/mol. The van der Waals surface area contributed by atoms with E-state index in [9.17, 15) is 9.60 Å². The number of halogens is 1. The molecule has 24 heavy (non-hydrogen) atoms. The predicted octanol–water partition coefficient (Wildman–Crippen LogP) is 3.25. The maximum atomic E-state index is 13.3. The van der Waals surface area contributed by atoms with E-state index in [1.807, 2.05) is 24.0 Å². The lowest BCUT2D eigenvalue weighted by atomic mass is 10.2.